The molecule has 2 aromatic carbocycles. The predicted molar refractivity (Wildman–Crippen MR) is 110 cm³/mol. The minimum absolute atomic E-state index is 0.224. The van der Waals surface area contributed by atoms with Crippen molar-refractivity contribution in [3.05, 3.63) is 70.7 Å². The Morgan fingerprint density at radius 2 is 1.76 bits per heavy atom. The number of hydrogen-bond acceptors (Lipinski definition) is 6. The molecule has 7 heteroatoms. The number of carbonyl (C=O) groups is 1. The van der Waals surface area contributed by atoms with E-state index in [0.29, 0.717) is 35.4 Å². The largest absolute Gasteiger partial charge is 0.454 e. The molecule has 0 saturated heterocycles. The summed E-state index contributed by atoms with van der Waals surface area (Å²) in [4.78, 5) is 21.4. The molecule has 0 saturated carbocycles. The van der Waals surface area contributed by atoms with E-state index >= 15 is 0 Å². The van der Waals surface area contributed by atoms with Crippen LogP contribution in [0.5, 0.6) is 11.5 Å². The third-order valence-electron chi connectivity index (χ3n) is 4.69. The van der Waals surface area contributed by atoms with Crippen LogP contribution in [0.15, 0.2) is 42.5 Å². The molecule has 1 aromatic heterocycles. The van der Waals surface area contributed by atoms with Gasteiger partial charge in [-0.3, -0.25) is 4.79 Å². The Morgan fingerprint density at radius 3 is 2.55 bits per heavy atom. The Kier molecular flexibility index (Phi) is 5.03. The number of fused-ring (bicyclic) bond motifs is 1. The van der Waals surface area contributed by atoms with Gasteiger partial charge in [0.25, 0.3) is 5.91 Å². The maximum Gasteiger partial charge on any atom is 0.270 e. The lowest BCUT2D eigenvalue weighted by atomic mass is 10.1. The van der Waals surface area contributed by atoms with Crippen molar-refractivity contribution in [2.75, 3.05) is 12.1 Å². The summed E-state index contributed by atoms with van der Waals surface area (Å²) in [7, 11) is 0. The summed E-state index contributed by atoms with van der Waals surface area (Å²) in [6, 6.07) is 13.3. The standard InChI is InChI=1S/C22H22N4O3/c1-13-5-4-6-14(2)21(13)26-20-10-17(24-15(3)25-20)22(27)23-11-16-7-8-18-19(9-16)29-12-28-18/h4-10H,11-12H2,1-3H3,(H,23,27)(H,24,25,26). The summed E-state index contributed by atoms with van der Waals surface area (Å²) in [6.45, 7) is 6.41. The highest BCUT2D eigenvalue weighted by Gasteiger charge is 2.15. The van der Waals surface area contributed by atoms with Crippen molar-refractivity contribution in [1.82, 2.24) is 15.3 Å². The number of amides is 1. The molecule has 0 unspecified atom stereocenters. The molecule has 3 aromatic rings. The van der Waals surface area contributed by atoms with Gasteiger partial charge in [-0.05, 0) is 49.6 Å². The maximum absolute atomic E-state index is 12.7. The molecule has 0 aliphatic carbocycles. The quantitative estimate of drug-likeness (QED) is 0.689. The molecule has 4 rings (SSSR count). The first kappa shape index (κ1) is 18.7. The minimum Gasteiger partial charge on any atom is -0.454 e. The highest BCUT2D eigenvalue weighted by atomic mass is 16.7. The number of para-hydroxylation sites is 1. The van der Waals surface area contributed by atoms with E-state index in [1.165, 1.54) is 0 Å². The van der Waals surface area contributed by atoms with Gasteiger partial charge in [-0.15, -0.1) is 0 Å². The predicted octanol–water partition coefficient (Wildman–Crippen LogP) is 3.80. The van der Waals surface area contributed by atoms with Crippen molar-refractivity contribution in [3.63, 3.8) is 0 Å². The van der Waals surface area contributed by atoms with E-state index in [9.17, 15) is 4.79 Å². The molecule has 1 amide bonds. The second kappa shape index (κ2) is 7.79. The van der Waals surface area contributed by atoms with Crippen LogP contribution in [0, 0.1) is 20.8 Å². The van der Waals surface area contributed by atoms with Crippen LogP contribution >= 0.6 is 0 Å². The molecule has 1 aliphatic rings. The molecule has 148 valence electrons. The number of ether oxygens (including phenoxy) is 2. The molecule has 0 fully saturated rings. The van der Waals surface area contributed by atoms with Gasteiger partial charge >= 0.3 is 0 Å². The topological polar surface area (TPSA) is 85.4 Å². The number of hydrogen-bond donors (Lipinski definition) is 2. The zero-order chi connectivity index (χ0) is 20.4. The van der Waals surface area contributed by atoms with E-state index in [-0.39, 0.29) is 12.7 Å². The van der Waals surface area contributed by atoms with Crippen LogP contribution in [-0.2, 0) is 6.54 Å². The average molecular weight is 390 g/mol. The summed E-state index contributed by atoms with van der Waals surface area (Å²) >= 11 is 0. The smallest absolute Gasteiger partial charge is 0.270 e. The second-order valence-corrected chi connectivity index (χ2v) is 6.95. The van der Waals surface area contributed by atoms with E-state index in [0.717, 1.165) is 22.4 Å². The summed E-state index contributed by atoms with van der Waals surface area (Å²) in [5.74, 6) is 2.25. The number of aromatic nitrogens is 2. The lowest BCUT2D eigenvalue weighted by molar-refractivity contribution is 0.0945. The number of benzene rings is 2. The van der Waals surface area contributed by atoms with Crippen molar-refractivity contribution in [2.24, 2.45) is 0 Å². The van der Waals surface area contributed by atoms with Gasteiger partial charge in [0.2, 0.25) is 6.79 Å². The molecule has 29 heavy (non-hydrogen) atoms. The summed E-state index contributed by atoms with van der Waals surface area (Å²) in [5.41, 5.74) is 4.43. The molecular formula is C22H22N4O3. The van der Waals surface area contributed by atoms with Gasteiger partial charge in [-0.25, -0.2) is 9.97 Å². The highest BCUT2D eigenvalue weighted by Crippen LogP contribution is 2.32. The maximum atomic E-state index is 12.7. The SMILES string of the molecule is Cc1nc(Nc2c(C)cccc2C)cc(C(=O)NCc2ccc3c(c2)OCO3)n1. The number of nitrogens with zero attached hydrogens (tertiary/aromatic N) is 2. The van der Waals surface area contributed by atoms with Gasteiger partial charge in [0, 0.05) is 18.3 Å². The minimum atomic E-state index is -0.266. The van der Waals surface area contributed by atoms with Crippen LogP contribution in [0.2, 0.25) is 0 Å². The molecule has 2 N–H and O–H groups in total. The van der Waals surface area contributed by atoms with Crippen LogP contribution in [0.3, 0.4) is 0 Å². The molecule has 0 atom stereocenters. The van der Waals surface area contributed by atoms with Gasteiger partial charge in [0.15, 0.2) is 11.5 Å². The van der Waals surface area contributed by atoms with Gasteiger partial charge < -0.3 is 20.1 Å². The van der Waals surface area contributed by atoms with Crippen molar-refractivity contribution in [1.29, 1.82) is 0 Å². The van der Waals surface area contributed by atoms with E-state index in [4.69, 9.17) is 9.47 Å². The molecular weight excluding hydrogens is 368 g/mol. The zero-order valence-electron chi connectivity index (χ0n) is 16.6. The van der Waals surface area contributed by atoms with Gasteiger partial charge in [0.1, 0.15) is 17.3 Å². The number of carbonyl (C=O) groups excluding carboxylic acids is 1. The van der Waals surface area contributed by atoms with Crippen LogP contribution < -0.4 is 20.1 Å². The fourth-order valence-electron chi connectivity index (χ4n) is 3.21. The monoisotopic (exact) mass is 390 g/mol. The number of anilines is 2. The Bertz CT molecular complexity index is 1060. The molecule has 0 spiro atoms. The van der Waals surface area contributed by atoms with Crippen molar-refractivity contribution < 1.29 is 14.3 Å². The summed E-state index contributed by atoms with van der Waals surface area (Å²) < 4.78 is 10.7. The summed E-state index contributed by atoms with van der Waals surface area (Å²) in [6.07, 6.45) is 0. The molecule has 0 radical (unpaired) electrons. The first-order valence-electron chi connectivity index (χ1n) is 9.35. The molecule has 1 aliphatic heterocycles. The van der Waals surface area contributed by atoms with Crippen LogP contribution in [0.1, 0.15) is 33.0 Å². The Balaban J connectivity index is 1.48. The number of nitrogens with one attached hydrogen (secondary N) is 2. The van der Waals surface area contributed by atoms with Crippen LogP contribution in [-0.4, -0.2) is 22.7 Å². The molecule has 0 bridgehead atoms. The normalized spacial score (nSPS) is 12.0. The summed E-state index contributed by atoms with van der Waals surface area (Å²) in [5, 5.41) is 6.21. The van der Waals surface area contributed by atoms with Gasteiger partial charge in [0.05, 0.1) is 0 Å². The van der Waals surface area contributed by atoms with Crippen molar-refractivity contribution >= 4 is 17.4 Å². The first-order chi connectivity index (χ1) is 14.0. The van der Waals surface area contributed by atoms with Gasteiger partial charge in [-0.2, -0.15) is 0 Å². The molecule has 2 heterocycles. The molecule has 7 nitrogen and oxygen atoms in total. The fourth-order valence-corrected chi connectivity index (χ4v) is 3.21. The van der Waals surface area contributed by atoms with Gasteiger partial charge in [-0.1, -0.05) is 24.3 Å². The van der Waals surface area contributed by atoms with E-state index < -0.39 is 0 Å². The lowest BCUT2D eigenvalue weighted by Crippen LogP contribution is -2.24. The zero-order valence-corrected chi connectivity index (χ0v) is 16.6. The van der Waals surface area contributed by atoms with E-state index in [1.807, 2.05) is 50.2 Å². The van der Waals surface area contributed by atoms with Crippen molar-refractivity contribution in [3.8, 4) is 11.5 Å². The fraction of sp³-hybridized carbons (Fsp3) is 0.227. The lowest BCUT2D eigenvalue weighted by Gasteiger charge is -2.13. The van der Waals surface area contributed by atoms with Crippen molar-refractivity contribution in [2.45, 2.75) is 27.3 Å². The highest BCUT2D eigenvalue weighted by molar-refractivity contribution is 5.93. The Labute approximate surface area is 169 Å². The third-order valence-corrected chi connectivity index (χ3v) is 4.69. The van der Waals surface area contributed by atoms with Crippen LogP contribution in [0.4, 0.5) is 11.5 Å². The Hall–Kier alpha value is -3.61. The number of aryl methyl sites for hydroxylation is 3. The second-order valence-electron chi connectivity index (χ2n) is 6.95. The number of rotatable bonds is 5. The van der Waals surface area contributed by atoms with E-state index in [2.05, 4.69) is 20.6 Å². The first-order valence-corrected chi connectivity index (χ1v) is 9.35. The van der Waals surface area contributed by atoms with Crippen LogP contribution in [0.25, 0.3) is 0 Å². The van der Waals surface area contributed by atoms with E-state index in [1.54, 1.807) is 13.0 Å². The average Bonchev–Trinajstić information content (AvgIpc) is 3.16. The third kappa shape index (κ3) is 4.13. The Morgan fingerprint density at radius 1 is 1.00 bits per heavy atom.